The van der Waals surface area contributed by atoms with E-state index in [1.165, 1.54) is 38.5 Å². The fourth-order valence-corrected chi connectivity index (χ4v) is 5.34. The molecule has 0 atom stereocenters. The lowest BCUT2D eigenvalue weighted by atomic mass is 10.1. The highest BCUT2D eigenvalue weighted by molar-refractivity contribution is 7.64. The van der Waals surface area contributed by atoms with Gasteiger partial charge in [0.05, 0.1) is 7.14 Å². The molecular formula is C12H25OP. The van der Waals surface area contributed by atoms with Crippen molar-refractivity contribution in [1.82, 2.24) is 0 Å². The average molecular weight is 216 g/mol. The van der Waals surface area contributed by atoms with Gasteiger partial charge in [0.2, 0.25) is 0 Å². The van der Waals surface area contributed by atoms with E-state index in [2.05, 4.69) is 13.8 Å². The maximum atomic E-state index is 12.1. The van der Waals surface area contributed by atoms with Gasteiger partial charge < -0.3 is 4.57 Å². The maximum Gasteiger partial charge on any atom is 0.0877 e. The lowest BCUT2D eigenvalue weighted by Crippen LogP contribution is -1.93. The molecule has 0 bridgehead atoms. The normalized spacial score (nSPS) is 20.5. The molecule has 0 unspecified atom stereocenters. The zero-order valence-electron chi connectivity index (χ0n) is 9.80. The van der Waals surface area contributed by atoms with E-state index in [0.717, 1.165) is 24.4 Å². The molecule has 1 aliphatic heterocycles. The Hall–Kier alpha value is 0.230. The zero-order valence-corrected chi connectivity index (χ0v) is 10.7. The van der Waals surface area contributed by atoms with Crippen molar-refractivity contribution in [3.8, 4) is 0 Å². The van der Waals surface area contributed by atoms with Crippen LogP contribution < -0.4 is 0 Å². The molecule has 1 heterocycles. The van der Waals surface area contributed by atoms with Gasteiger partial charge in [-0.3, -0.25) is 0 Å². The summed E-state index contributed by atoms with van der Waals surface area (Å²) in [6.45, 7) is 4.55. The average Bonchev–Trinajstić information content (AvgIpc) is 2.51. The molecule has 0 aromatic rings. The van der Waals surface area contributed by atoms with E-state index in [1.807, 2.05) is 0 Å². The lowest BCUT2D eigenvalue weighted by molar-refractivity contribution is 0.531. The fourth-order valence-electron chi connectivity index (χ4n) is 2.26. The van der Waals surface area contributed by atoms with Gasteiger partial charge >= 0.3 is 0 Å². The lowest BCUT2D eigenvalue weighted by Gasteiger charge is -2.10. The highest BCUT2D eigenvalue weighted by Gasteiger charge is 2.25. The summed E-state index contributed by atoms with van der Waals surface area (Å²) >= 11 is 0. The van der Waals surface area contributed by atoms with Crippen molar-refractivity contribution in [2.24, 2.45) is 5.92 Å². The van der Waals surface area contributed by atoms with Gasteiger partial charge in [0.25, 0.3) is 0 Å². The molecule has 0 aliphatic carbocycles. The minimum atomic E-state index is -1.63. The molecule has 84 valence electrons. The third-order valence-electron chi connectivity index (χ3n) is 3.23. The van der Waals surface area contributed by atoms with E-state index in [0.29, 0.717) is 0 Å². The molecule has 1 aliphatic rings. The minimum Gasteiger partial charge on any atom is -0.324 e. The van der Waals surface area contributed by atoms with Gasteiger partial charge in [-0.15, -0.1) is 0 Å². The molecule has 2 heteroatoms. The molecule has 0 spiro atoms. The molecule has 1 rings (SSSR count). The van der Waals surface area contributed by atoms with E-state index in [1.54, 1.807) is 0 Å². The van der Waals surface area contributed by atoms with E-state index in [-0.39, 0.29) is 0 Å². The van der Waals surface area contributed by atoms with Crippen molar-refractivity contribution in [3.63, 3.8) is 0 Å². The largest absolute Gasteiger partial charge is 0.324 e. The van der Waals surface area contributed by atoms with Crippen molar-refractivity contribution in [2.45, 2.75) is 52.4 Å². The summed E-state index contributed by atoms with van der Waals surface area (Å²) in [7, 11) is -1.63. The van der Waals surface area contributed by atoms with Gasteiger partial charge in [-0.2, -0.15) is 0 Å². The molecule has 0 aromatic carbocycles. The zero-order chi connectivity index (χ0) is 10.4. The molecular weight excluding hydrogens is 191 g/mol. The Morgan fingerprint density at radius 1 is 1.07 bits per heavy atom. The van der Waals surface area contributed by atoms with Crippen LogP contribution in [0.25, 0.3) is 0 Å². The van der Waals surface area contributed by atoms with Crippen LogP contribution in [-0.2, 0) is 4.57 Å². The summed E-state index contributed by atoms with van der Waals surface area (Å²) in [5.41, 5.74) is 0. The highest BCUT2D eigenvalue weighted by Crippen LogP contribution is 2.52. The Labute approximate surface area is 89.0 Å². The van der Waals surface area contributed by atoms with Crippen LogP contribution in [-0.4, -0.2) is 18.5 Å². The molecule has 0 amide bonds. The number of hydrogen-bond acceptors (Lipinski definition) is 1. The quantitative estimate of drug-likeness (QED) is 0.476. The summed E-state index contributed by atoms with van der Waals surface area (Å²) in [4.78, 5) is 0. The fraction of sp³-hybridized carbons (Fsp3) is 1.00. The van der Waals surface area contributed by atoms with Crippen molar-refractivity contribution < 1.29 is 4.57 Å². The van der Waals surface area contributed by atoms with Crippen LogP contribution >= 0.6 is 7.14 Å². The summed E-state index contributed by atoms with van der Waals surface area (Å²) in [5, 5.41) is 0. The number of hydrogen-bond donors (Lipinski definition) is 0. The molecule has 1 nitrogen and oxygen atoms in total. The van der Waals surface area contributed by atoms with Crippen molar-refractivity contribution in [3.05, 3.63) is 0 Å². The first-order valence-corrected chi connectivity index (χ1v) is 8.46. The number of unbranched alkanes of at least 4 members (excludes halogenated alkanes) is 2. The van der Waals surface area contributed by atoms with Crippen LogP contribution in [0.5, 0.6) is 0 Å². The second-order valence-corrected chi connectivity index (χ2v) is 8.64. The Balaban J connectivity index is 2.01. The van der Waals surface area contributed by atoms with Crippen molar-refractivity contribution in [1.29, 1.82) is 0 Å². The Bertz CT molecular complexity index is 188. The van der Waals surface area contributed by atoms with E-state index >= 15 is 0 Å². The van der Waals surface area contributed by atoms with E-state index in [4.69, 9.17) is 0 Å². The van der Waals surface area contributed by atoms with E-state index < -0.39 is 7.14 Å². The predicted molar refractivity (Wildman–Crippen MR) is 64.7 cm³/mol. The van der Waals surface area contributed by atoms with Gasteiger partial charge in [-0.1, -0.05) is 33.1 Å². The molecule has 0 aromatic heterocycles. The summed E-state index contributed by atoms with van der Waals surface area (Å²) < 4.78 is 12.1. The van der Waals surface area contributed by atoms with Gasteiger partial charge in [0.15, 0.2) is 0 Å². The van der Waals surface area contributed by atoms with Crippen LogP contribution in [0.2, 0.25) is 0 Å². The highest BCUT2D eigenvalue weighted by atomic mass is 31.2. The second kappa shape index (κ2) is 5.95. The van der Waals surface area contributed by atoms with Crippen molar-refractivity contribution >= 4 is 7.14 Å². The smallest absolute Gasteiger partial charge is 0.0877 e. The van der Waals surface area contributed by atoms with Gasteiger partial charge in [-0.25, -0.2) is 0 Å². The second-order valence-electron chi connectivity index (χ2n) is 5.18. The third-order valence-corrected chi connectivity index (χ3v) is 6.62. The topological polar surface area (TPSA) is 17.1 Å². The predicted octanol–water partition coefficient (Wildman–Crippen LogP) is 4.36. The summed E-state index contributed by atoms with van der Waals surface area (Å²) in [5.74, 6) is 0.831. The van der Waals surface area contributed by atoms with Crippen LogP contribution in [0.1, 0.15) is 52.4 Å². The Morgan fingerprint density at radius 2 is 1.71 bits per heavy atom. The van der Waals surface area contributed by atoms with Crippen molar-refractivity contribution in [2.75, 3.05) is 18.5 Å². The van der Waals surface area contributed by atoms with Crippen LogP contribution in [0, 0.1) is 5.92 Å². The molecule has 0 radical (unpaired) electrons. The van der Waals surface area contributed by atoms with Gasteiger partial charge in [0, 0.05) is 18.5 Å². The summed E-state index contributed by atoms with van der Waals surface area (Å²) in [6, 6.07) is 0. The summed E-state index contributed by atoms with van der Waals surface area (Å²) in [6.07, 6.45) is 10.8. The van der Waals surface area contributed by atoms with Gasteiger partial charge in [0.1, 0.15) is 0 Å². The standard InChI is InChI=1S/C12H25OP/c1-12(2)8-4-3-5-9-14(13)10-6-7-11-14/h12H,3-11H2,1-2H3. The molecule has 0 saturated carbocycles. The van der Waals surface area contributed by atoms with Crippen LogP contribution in [0.4, 0.5) is 0 Å². The first-order chi connectivity index (χ1) is 6.62. The Kier molecular flexibility index (Phi) is 5.23. The minimum absolute atomic E-state index is 0.831. The van der Waals surface area contributed by atoms with E-state index in [9.17, 15) is 4.57 Å². The molecule has 0 N–H and O–H groups in total. The third kappa shape index (κ3) is 4.64. The monoisotopic (exact) mass is 216 g/mol. The van der Waals surface area contributed by atoms with Gasteiger partial charge in [-0.05, 0) is 25.2 Å². The Morgan fingerprint density at radius 3 is 2.29 bits per heavy atom. The molecule has 1 saturated heterocycles. The first-order valence-electron chi connectivity index (χ1n) is 6.19. The first kappa shape index (κ1) is 12.3. The van der Waals surface area contributed by atoms with Crippen LogP contribution in [0.3, 0.4) is 0 Å². The SMILES string of the molecule is CC(C)CCCCCP1(=O)CCCC1. The molecule has 1 fully saturated rings. The number of rotatable bonds is 6. The maximum absolute atomic E-state index is 12.1. The molecule has 14 heavy (non-hydrogen) atoms. The van der Waals surface area contributed by atoms with Crippen LogP contribution in [0.15, 0.2) is 0 Å².